The van der Waals surface area contributed by atoms with Crippen LogP contribution in [0.1, 0.15) is 38.8 Å². The number of ether oxygens (including phenoxy) is 2. The van der Waals surface area contributed by atoms with Crippen LogP contribution in [-0.4, -0.2) is 26.4 Å². The lowest BCUT2D eigenvalue weighted by Gasteiger charge is -2.18. The molecule has 1 N–H and O–H groups in total. The van der Waals surface area contributed by atoms with Gasteiger partial charge in [0, 0.05) is 24.3 Å². The van der Waals surface area contributed by atoms with E-state index in [0.717, 1.165) is 18.5 Å². The molecule has 0 spiro atoms. The van der Waals surface area contributed by atoms with Crippen LogP contribution in [0.5, 0.6) is 5.75 Å². The standard InChI is InChI=1S/C15H24FNO2/c1-4-8-17-12(3)14-7-6-13(16)11-15(14)19-10-9-18-5-2/h6-7,11-12,17H,4-5,8-10H2,1-3H3. The highest BCUT2D eigenvalue weighted by molar-refractivity contribution is 5.36. The van der Waals surface area contributed by atoms with Crippen LogP contribution in [0.4, 0.5) is 4.39 Å². The molecule has 0 saturated heterocycles. The van der Waals surface area contributed by atoms with Crippen molar-refractivity contribution in [1.29, 1.82) is 0 Å². The minimum Gasteiger partial charge on any atom is -0.491 e. The summed E-state index contributed by atoms with van der Waals surface area (Å²) >= 11 is 0. The van der Waals surface area contributed by atoms with Gasteiger partial charge in [-0.15, -0.1) is 0 Å². The first-order valence-electron chi connectivity index (χ1n) is 6.92. The van der Waals surface area contributed by atoms with Gasteiger partial charge >= 0.3 is 0 Å². The number of hydrogen-bond acceptors (Lipinski definition) is 3. The molecule has 4 heteroatoms. The molecule has 1 atom stereocenters. The van der Waals surface area contributed by atoms with Crippen LogP contribution < -0.4 is 10.1 Å². The van der Waals surface area contributed by atoms with E-state index in [0.29, 0.717) is 25.6 Å². The lowest BCUT2D eigenvalue weighted by Crippen LogP contribution is -2.20. The van der Waals surface area contributed by atoms with Crippen molar-refractivity contribution in [1.82, 2.24) is 5.32 Å². The Kier molecular flexibility index (Phi) is 7.45. The lowest BCUT2D eigenvalue weighted by molar-refractivity contribution is 0.109. The van der Waals surface area contributed by atoms with Crippen LogP contribution in [0.15, 0.2) is 18.2 Å². The summed E-state index contributed by atoms with van der Waals surface area (Å²) in [6.45, 7) is 8.64. The van der Waals surface area contributed by atoms with Crippen molar-refractivity contribution in [2.75, 3.05) is 26.4 Å². The van der Waals surface area contributed by atoms with E-state index in [1.165, 1.54) is 12.1 Å². The van der Waals surface area contributed by atoms with Gasteiger partial charge in [-0.25, -0.2) is 4.39 Å². The van der Waals surface area contributed by atoms with Gasteiger partial charge in [0.05, 0.1) is 6.61 Å². The van der Waals surface area contributed by atoms with E-state index >= 15 is 0 Å². The average molecular weight is 269 g/mol. The number of nitrogens with one attached hydrogen (secondary N) is 1. The summed E-state index contributed by atoms with van der Waals surface area (Å²) in [5.74, 6) is 0.314. The van der Waals surface area contributed by atoms with Crippen molar-refractivity contribution < 1.29 is 13.9 Å². The number of hydrogen-bond donors (Lipinski definition) is 1. The highest BCUT2D eigenvalue weighted by Gasteiger charge is 2.12. The SMILES string of the molecule is CCCNC(C)c1ccc(F)cc1OCCOCC. The molecule has 0 aromatic heterocycles. The van der Waals surface area contributed by atoms with Gasteiger partial charge in [0.25, 0.3) is 0 Å². The maximum atomic E-state index is 13.3. The Balaban J connectivity index is 2.67. The van der Waals surface area contributed by atoms with Crippen LogP contribution in [0.2, 0.25) is 0 Å². The van der Waals surface area contributed by atoms with Gasteiger partial charge in [-0.1, -0.05) is 13.0 Å². The summed E-state index contributed by atoms with van der Waals surface area (Å²) in [7, 11) is 0. The second-order valence-corrected chi connectivity index (χ2v) is 4.40. The van der Waals surface area contributed by atoms with Crippen molar-refractivity contribution in [3.63, 3.8) is 0 Å². The molecule has 0 aliphatic rings. The second kappa shape index (κ2) is 8.88. The first-order valence-corrected chi connectivity index (χ1v) is 6.92. The van der Waals surface area contributed by atoms with E-state index in [9.17, 15) is 4.39 Å². The smallest absolute Gasteiger partial charge is 0.127 e. The third-order valence-corrected chi connectivity index (χ3v) is 2.83. The zero-order chi connectivity index (χ0) is 14.1. The summed E-state index contributed by atoms with van der Waals surface area (Å²) in [6, 6.07) is 4.82. The fourth-order valence-corrected chi connectivity index (χ4v) is 1.82. The molecular formula is C15H24FNO2. The van der Waals surface area contributed by atoms with Gasteiger partial charge in [-0.05, 0) is 32.9 Å². The molecule has 19 heavy (non-hydrogen) atoms. The van der Waals surface area contributed by atoms with E-state index in [1.54, 1.807) is 6.07 Å². The molecule has 0 amide bonds. The van der Waals surface area contributed by atoms with E-state index < -0.39 is 0 Å². The fourth-order valence-electron chi connectivity index (χ4n) is 1.82. The highest BCUT2D eigenvalue weighted by atomic mass is 19.1. The molecular weight excluding hydrogens is 245 g/mol. The molecule has 0 fully saturated rings. The van der Waals surface area contributed by atoms with Gasteiger partial charge in [0.15, 0.2) is 0 Å². The molecule has 0 saturated carbocycles. The normalized spacial score (nSPS) is 12.4. The molecule has 1 rings (SSSR count). The Labute approximate surface area is 115 Å². The van der Waals surface area contributed by atoms with Gasteiger partial charge in [0.1, 0.15) is 18.2 Å². The maximum absolute atomic E-state index is 13.3. The maximum Gasteiger partial charge on any atom is 0.127 e. The number of rotatable bonds is 9. The Hall–Kier alpha value is -1.13. The predicted octanol–water partition coefficient (Wildman–Crippen LogP) is 3.30. The van der Waals surface area contributed by atoms with E-state index in [4.69, 9.17) is 9.47 Å². The minimum absolute atomic E-state index is 0.141. The molecule has 0 heterocycles. The molecule has 108 valence electrons. The third kappa shape index (κ3) is 5.57. The summed E-state index contributed by atoms with van der Waals surface area (Å²) in [5, 5.41) is 3.38. The largest absolute Gasteiger partial charge is 0.491 e. The zero-order valence-corrected chi connectivity index (χ0v) is 12.0. The number of halogens is 1. The molecule has 1 aromatic rings. The summed E-state index contributed by atoms with van der Waals surface area (Å²) < 4.78 is 24.1. The monoisotopic (exact) mass is 269 g/mol. The minimum atomic E-state index is -0.280. The summed E-state index contributed by atoms with van der Waals surface area (Å²) in [6.07, 6.45) is 1.06. The third-order valence-electron chi connectivity index (χ3n) is 2.83. The van der Waals surface area contributed by atoms with E-state index in [-0.39, 0.29) is 11.9 Å². The molecule has 1 aromatic carbocycles. The van der Waals surface area contributed by atoms with Gasteiger partial charge in [-0.3, -0.25) is 0 Å². The Bertz CT molecular complexity index is 371. The average Bonchev–Trinajstić information content (AvgIpc) is 2.41. The highest BCUT2D eigenvalue weighted by Crippen LogP contribution is 2.26. The molecule has 1 unspecified atom stereocenters. The van der Waals surface area contributed by atoms with Crippen molar-refractivity contribution in [3.8, 4) is 5.75 Å². The van der Waals surface area contributed by atoms with Crippen molar-refractivity contribution in [2.45, 2.75) is 33.2 Å². The quantitative estimate of drug-likeness (QED) is 0.698. The Morgan fingerprint density at radius 3 is 2.74 bits per heavy atom. The first kappa shape index (κ1) is 15.9. The Morgan fingerprint density at radius 2 is 2.05 bits per heavy atom. The van der Waals surface area contributed by atoms with Crippen LogP contribution in [0.3, 0.4) is 0 Å². The molecule has 0 bridgehead atoms. The topological polar surface area (TPSA) is 30.5 Å². The van der Waals surface area contributed by atoms with E-state index in [2.05, 4.69) is 19.2 Å². The second-order valence-electron chi connectivity index (χ2n) is 4.40. The first-order chi connectivity index (χ1) is 9.19. The lowest BCUT2D eigenvalue weighted by atomic mass is 10.1. The molecule has 0 radical (unpaired) electrons. The summed E-state index contributed by atoms with van der Waals surface area (Å²) in [5.41, 5.74) is 0.978. The molecule has 0 aliphatic heterocycles. The van der Waals surface area contributed by atoms with Gasteiger partial charge in [-0.2, -0.15) is 0 Å². The van der Waals surface area contributed by atoms with Crippen LogP contribution >= 0.6 is 0 Å². The molecule has 3 nitrogen and oxygen atoms in total. The van der Waals surface area contributed by atoms with E-state index in [1.807, 2.05) is 6.92 Å². The van der Waals surface area contributed by atoms with Crippen LogP contribution in [0, 0.1) is 5.82 Å². The van der Waals surface area contributed by atoms with Crippen LogP contribution in [-0.2, 0) is 4.74 Å². The summed E-state index contributed by atoms with van der Waals surface area (Å²) in [4.78, 5) is 0. The predicted molar refractivity (Wildman–Crippen MR) is 75.1 cm³/mol. The van der Waals surface area contributed by atoms with Gasteiger partial charge in [0.2, 0.25) is 0 Å². The van der Waals surface area contributed by atoms with Crippen molar-refractivity contribution in [2.24, 2.45) is 0 Å². The Morgan fingerprint density at radius 1 is 1.26 bits per heavy atom. The van der Waals surface area contributed by atoms with Crippen LogP contribution in [0.25, 0.3) is 0 Å². The molecule has 0 aliphatic carbocycles. The van der Waals surface area contributed by atoms with Gasteiger partial charge < -0.3 is 14.8 Å². The number of benzene rings is 1. The fraction of sp³-hybridized carbons (Fsp3) is 0.600. The zero-order valence-electron chi connectivity index (χ0n) is 12.0. The van der Waals surface area contributed by atoms with Crippen molar-refractivity contribution in [3.05, 3.63) is 29.6 Å². The van der Waals surface area contributed by atoms with Crippen molar-refractivity contribution >= 4 is 0 Å².